The lowest BCUT2D eigenvalue weighted by Crippen LogP contribution is -2.22. The molecule has 0 bridgehead atoms. The molecule has 72 valence electrons. The highest BCUT2D eigenvalue weighted by Gasteiger charge is 2.11. The summed E-state index contributed by atoms with van der Waals surface area (Å²) in [5, 5.41) is 8.56. The molecule has 0 saturated heterocycles. The molecule has 1 atom stereocenters. The normalized spacial score (nSPS) is 13.9. The zero-order valence-electron chi connectivity index (χ0n) is 6.43. The van der Waals surface area contributed by atoms with Gasteiger partial charge in [-0.15, -0.1) is 0 Å². The predicted molar refractivity (Wildman–Crippen MR) is 39.1 cm³/mol. The van der Waals surface area contributed by atoms with Crippen LogP contribution in [0, 0.1) is 0 Å². The van der Waals surface area contributed by atoms with Crippen LogP contribution in [-0.4, -0.2) is 42.5 Å². The minimum absolute atomic E-state index is 0.456. The molecule has 0 radical (unpaired) electrons. The summed E-state index contributed by atoms with van der Waals surface area (Å²) in [5.41, 5.74) is 0. The van der Waals surface area contributed by atoms with Crippen molar-refractivity contribution in [3.8, 4) is 0 Å². The van der Waals surface area contributed by atoms with E-state index in [0.29, 0.717) is 0 Å². The molecule has 12 heavy (non-hydrogen) atoms. The Morgan fingerprint density at radius 1 is 1.58 bits per heavy atom. The number of carbonyl (C=O) groups is 1. The molecular weight excluding hydrogens is 188 g/mol. The van der Waals surface area contributed by atoms with E-state index in [1.165, 1.54) is 6.92 Å². The number of aliphatic hydroxyl groups excluding tert-OH is 1. The zero-order chi connectivity index (χ0) is 9.78. The van der Waals surface area contributed by atoms with Crippen LogP contribution in [0.5, 0.6) is 0 Å². The van der Waals surface area contributed by atoms with Crippen molar-refractivity contribution < 1.29 is 27.6 Å². The van der Waals surface area contributed by atoms with E-state index in [9.17, 15) is 13.2 Å². The summed E-state index contributed by atoms with van der Waals surface area (Å²) >= 11 is 0. The van der Waals surface area contributed by atoms with Gasteiger partial charge in [-0.25, -0.2) is 4.79 Å². The van der Waals surface area contributed by atoms with Gasteiger partial charge in [-0.05, 0) is 6.92 Å². The predicted octanol–water partition coefficient (Wildman–Crippen LogP) is -1.20. The largest absolute Gasteiger partial charge is 0.463 e. The molecule has 0 heterocycles. The molecule has 6 nitrogen and oxygen atoms in total. The number of ether oxygens (including phenoxy) is 1. The molecule has 0 spiro atoms. The number of carbonyl (C=O) groups excluding carboxylic acids is 1. The highest BCUT2D eigenvalue weighted by molar-refractivity contribution is 7.85. The van der Waals surface area contributed by atoms with E-state index in [1.54, 1.807) is 0 Å². The van der Waals surface area contributed by atoms with Crippen molar-refractivity contribution in [3.05, 3.63) is 0 Å². The molecule has 0 aromatic rings. The molecule has 0 saturated carbocycles. The average Bonchev–Trinajstić information content (AvgIpc) is 1.84. The Bertz CT molecular complexity index is 241. The molecular formula is C5H10O6S. The molecule has 0 fully saturated rings. The van der Waals surface area contributed by atoms with Gasteiger partial charge in [0.05, 0.1) is 0 Å². The molecule has 0 amide bonds. The smallest absolute Gasteiger partial charge is 0.334 e. The second-order valence-corrected chi connectivity index (χ2v) is 3.70. The van der Waals surface area contributed by atoms with Crippen LogP contribution in [-0.2, 0) is 19.6 Å². The lowest BCUT2D eigenvalue weighted by molar-refractivity contribution is -0.151. The molecule has 2 N–H and O–H groups in total. The number of hydrogen-bond acceptors (Lipinski definition) is 5. The number of rotatable bonds is 4. The van der Waals surface area contributed by atoms with Crippen LogP contribution >= 0.6 is 0 Å². The summed E-state index contributed by atoms with van der Waals surface area (Å²) in [4.78, 5) is 10.5. The average molecular weight is 198 g/mol. The van der Waals surface area contributed by atoms with Gasteiger partial charge in [0.15, 0.2) is 0 Å². The third kappa shape index (κ3) is 6.08. The fourth-order valence-electron chi connectivity index (χ4n) is 0.368. The molecule has 7 heteroatoms. The molecule has 0 aliphatic heterocycles. The topological polar surface area (TPSA) is 101 Å². The Balaban J connectivity index is 3.66. The van der Waals surface area contributed by atoms with Gasteiger partial charge in [-0.2, -0.15) is 8.42 Å². The summed E-state index contributed by atoms with van der Waals surface area (Å²) in [6.45, 7) is 0.734. The van der Waals surface area contributed by atoms with Crippen LogP contribution in [0.25, 0.3) is 0 Å². The van der Waals surface area contributed by atoms with E-state index in [4.69, 9.17) is 9.66 Å². The summed E-state index contributed by atoms with van der Waals surface area (Å²) in [5.74, 6) is -1.58. The van der Waals surface area contributed by atoms with E-state index in [2.05, 4.69) is 4.74 Å². The first-order chi connectivity index (χ1) is 5.33. The van der Waals surface area contributed by atoms with E-state index >= 15 is 0 Å². The van der Waals surface area contributed by atoms with Crippen molar-refractivity contribution >= 4 is 16.1 Å². The Morgan fingerprint density at radius 2 is 2.08 bits per heavy atom. The quantitative estimate of drug-likeness (QED) is 0.434. The maximum Gasteiger partial charge on any atom is 0.334 e. The van der Waals surface area contributed by atoms with Gasteiger partial charge >= 0.3 is 5.97 Å². The summed E-state index contributed by atoms with van der Waals surface area (Å²) in [6.07, 6.45) is -1.29. The van der Waals surface area contributed by atoms with Gasteiger partial charge < -0.3 is 9.84 Å². The van der Waals surface area contributed by atoms with Crippen molar-refractivity contribution in [2.75, 3.05) is 12.4 Å². The first-order valence-electron chi connectivity index (χ1n) is 3.13. The Morgan fingerprint density at radius 3 is 2.42 bits per heavy atom. The molecule has 0 aliphatic rings. The Labute approximate surface area is 69.9 Å². The van der Waals surface area contributed by atoms with Gasteiger partial charge in [0.25, 0.3) is 10.1 Å². The summed E-state index contributed by atoms with van der Waals surface area (Å²) in [6, 6.07) is 0. The first kappa shape index (κ1) is 11.3. The van der Waals surface area contributed by atoms with Crippen LogP contribution in [0.2, 0.25) is 0 Å². The molecule has 0 aromatic heterocycles. The van der Waals surface area contributed by atoms with Gasteiger partial charge in [0.2, 0.25) is 0 Å². The third-order valence-corrected chi connectivity index (χ3v) is 1.61. The van der Waals surface area contributed by atoms with Crippen LogP contribution in [0.15, 0.2) is 0 Å². The van der Waals surface area contributed by atoms with Gasteiger partial charge in [-0.1, -0.05) is 0 Å². The molecule has 1 unspecified atom stereocenters. The minimum Gasteiger partial charge on any atom is -0.463 e. The number of esters is 1. The number of aliphatic hydroxyl groups is 1. The van der Waals surface area contributed by atoms with E-state index < -0.39 is 34.6 Å². The second-order valence-electron chi connectivity index (χ2n) is 2.13. The number of hydrogen-bond donors (Lipinski definition) is 2. The maximum atomic E-state index is 10.5. The third-order valence-electron chi connectivity index (χ3n) is 0.927. The molecule has 0 aliphatic carbocycles. The van der Waals surface area contributed by atoms with Gasteiger partial charge in [-0.3, -0.25) is 4.55 Å². The summed E-state index contributed by atoms with van der Waals surface area (Å²) < 4.78 is 32.6. The van der Waals surface area contributed by atoms with Crippen LogP contribution in [0.3, 0.4) is 0 Å². The van der Waals surface area contributed by atoms with Crippen molar-refractivity contribution in [2.24, 2.45) is 0 Å². The Kier molecular flexibility index (Phi) is 4.15. The van der Waals surface area contributed by atoms with Gasteiger partial charge in [0, 0.05) is 0 Å². The van der Waals surface area contributed by atoms with Crippen molar-refractivity contribution in [1.82, 2.24) is 0 Å². The molecule has 0 rings (SSSR count). The van der Waals surface area contributed by atoms with Gasteiger partial charge in [0.1, 0.15) is 18.5 Å². The fourth-order valence-corrected chi connectivity index (χ4v) is 0.662. The van der Waals surface area contributed by atoms with Crippen molar-refractivity contribution in [1.29, 1.82) is 0 Å². The lowest BCUT2D eigenvalue weighted by Gasteiger charge is -2.04. The highest BCUT2D eigenvalue weighted by atomic mass is 32.2. The van der Waals surface area contributed by atoms with Crippen LogP contribution in [0.1, 0.15) is 6.92 Å². The van der Waals surface area contributed by atoms with Crippen LogP contribution < -0.4 is 0 Å². The summed E-state index contributed by atoms with van der Waals surface area (Å²) in [7, 11) is -4.10. The minimum atomic E-state index is -4.10. The Hall–Kier alpha value is -0.660. The maximum absolute atomic E-state index is 10.5. The van der Waals surface area contributed by atoms with E-state index in [1.807, 2.05) is 0 Å². The monoisotopic (exact) mass is 198 g/mol. The second kappa shape index (κ2) is 4.39. The van der Waals surface area contributed by atoms with E-state index in [0.717, 1.165) is 0 Å². The highest BCUT2D eigenvalue weighted by Crippen LogP contribution is 1.88. The van der Waals surface area contributed by atoms with Crippen molar-refractivity contribution in [3.63, 3.8) is 0 Å². The van der Waals surface area contributed by atoms with Crippen LogP contribution in [0.4, 0.5) is 0 Å². The lowest BCUT2D eigenvalue weighted by atomic mass is 10.4. The van der Waals surface area contributed by atoms with Crippen molar-refractivity contribution in [2.45, 2.75) is 13.0 Å². The fraction of sp³-hybridized carbons (Fsp3) is 0.800. The molecule has 0 aromatic carbocycles. The zero-order valence-corrected chi connectivity index (χ0v) is 7.24. The first-order valence-corrected chi connectivity index (χ1v) is 4.73. The standard InChI is InChI=1S/C5H10O6S/c1-4(6)5(7)11-2-3-12(8,9)10/h4,6H,2-3H2,1H3,(H,8,9,10). The SMILES string of the molecule is CC(O)C(=O)OCCS(=O)(=O)O. The van der Waals surface area contributed by atoms with E-state index in [-0.39, 0.29) is 0 Å².